The minimum Gasteiger partial charge on any atom is -0.305 e. The van der Waals surface area contributed by atoms with Crippen molar-refractivity contribution in [3.05, 3.63) is 29.2 Å². The van der Waals surface area contributed by atoms with E-state index < -0.39 is 18.0 Å². The van der Waals surface area contributed by atoms with Crippen molar-refractivity contribution < 1.29 is 13.6 Å². The van der Waals surface area contributed by atoms with Crippen LogP contribution >= 0.6 is 0 Å². The van der Waals surface area contributed by atoms with E-state index in [1.54, 1.807) is 6.07 Å². The molecule has 1 aliphatic rings. The summed E-state index contributed by atoms with van der Waals surface area (Å²) in [5.74, 6) is 0.140. The van der Waals surface area contributed by atoms with Crippen molar-refractivity contribution in [2.24, 2.45) is 7.05 Å². The number of carbonyl (C=O) groups excluding carboxylic acids is 1. The van der Waals surface area contributed by atoms with Crippen LogP contribution in [0.15, 0.2) is 12.3 Å². The quantitative estimate of drug-likeness (QED) is 0.834. The van der Waals surface area contributed by atoms with Crippen molar-refractivity contribution in [3.8, 4) is 0 Å². The Morgan fingerprint density at radius 2 is 2.04 bits per heavy atom. The average Bonchev–Trinajstić information content (AvgIpc) is 3.06. The van der Waals surface area contributed by atoms with E-state index in [1.165, 1.54) is 32.7 Å². The van der Waals surface area contributed by atoms with E-state index in [-0.39, 0.29) is 5.56 Å². The van der Waals surface area contributed by atoms with Crippen molar-refractivity contribution >= 4 is 11.7 Å². The molecule has 8 heteroatoms. The second-order valence-electron chi connectivity index (χ2n) is 6.22. The van der Waals surface area contributed by atoms with Crippen LogP contribution in [-0.4, -0.2) is 25.9 Å². The second kappa shape index (κ2) is 7.11. The molecule has 0 aliphatic heterocycles. The number of nitrogens with zero attached hydrogens (tertiary/aromatic N) is 3. The van der Waals surface area contributed by atoms with Gasteiger partial charge in [-0.3, -0.25) is 14.6 Å². The van der Waals surface area contributed by atoms with Crippen molar-refractivity contribution in [1.29, 1.82) is 0 Å². The van der Waals surface area contributed by atoms with Crippen LogP contribution in [0.2, 0.25) is 0 Å². The summed E-state index contributed by atoms with van der Waals surface area (Å²) in [5.41, 5.74) is 0.464. The molecule has 2 heterocycles. The van der Waals surface area contributed by atoms with Gasteiger partial charge in [-0.1, -0.05) is 25.7 Å². The SMILES string of the molecule is Cn1ncc(C(=O)Nc2cc(C3CCCCCC3)[nH]n2)c1C(F)F. The van der Waals surface area contributed by atoms with E-state index in [4.69, 9.17) is 0 Å². The Labute approximate surface area is 138 Å². The smallest absolute Gasteiger partial charge is 0.280 e. The summed E-state index contributed by atoms with van der Waals surface area (Å²) in [5, 5.41) is 13.4. The van der Waals surface area contributed by atoms with Crippen LogP contribution in [-0.2, 0) is 7.05 Å². The van der Waals surface area contributed by atoms with Crippen LogP contribution in [0.4, 0.5) is 14.6 Å². The molecule has 24 heavy (non-hydrogen) atoms. The van der Waals surface area contributed by atoms with Gasteiger partial charge in [0.2, 0.25) is 0 Å². The van der Waals surface area contributed by atoms with Crippen LogP contribution in [0.1, 0.15) is 72.6 Å². The topological polar surface area (TPSA) is 75.6 Å². The number of hydrogen-bond acceptors (Lipinski definition) is 3. The standard InChI is InChI=1S/C16H21F2N5O/c1-23-14(15(17)18)11(9-19-23)16(24)20-13-8-12(21-22-13)10-6-4-2-3-5-7-10/h8-10,15H,2-7H2,1H3,(H2,20,21,22,24). The summed E-state index contributed by atoms with van der Waals surface area (Å²) in [6.45, 7) is 0. The molecule has 1 saturated carbocycles. The highest BCUT2D eigenvalue weighted by molar-refractivity contribution is 6.04. The molecule has 0 atom stereocenters. The maximum Gasteiger partial charge on any atom is 0.280 e. The van der Waals surface area contributed by atoms with E-state index in [1.807, 2.05) is 0 Å². The highest BCUT2D eigenvalue weighted by Gasteiger charge is 2.24. The zero-order valence-electron chi connectivity index (χ0n) is 13.6. The first kappa shape index (κ1) is 16.6. The number of alkyl halides is 2. The van der Waals surface area contributed by atoms with Gasteiger partial charge in [-0.25, -0.2) is 8.78 Å². The number of H-pyrrole nitrogens is 1. The molecular weight excluding hydrogens is 316 g/mol. The summed E-state index contributed by atoms with van der Waals surface area (Å²) in [6, 6.07) is 1.80. The van der Waals surface area contributed by atoms with Crippen LogP contribution in [0, 0.1) is 0 Å². The van der Waals surface area contributed by atoms with Gasteiger partial charge >= 0.3 is 0 Å². The van der Waals surface area contributed by atoms with Gasteiger partial charge in [0.15, 0.2) is 5.82 Å². The fourth-order valence-corrected chi connectivity index (χ4v) is 3.26. The number of aryl methyl sites for hydroxylation is 1. The van der Waals surface area contributed by atoms with Gasteiger partial charge in [0.05, 0.1) is 11.8 Å². The molecule has 2 aromatic heterocycles. The number of aromatic nitrogens is 4. The second-order valence-corrected chi connectivity index (χ2v) is 6.22. The Kier molecular flexibility index (Phi) is 4.92. The number of anilines is 1. The predicted molar refractivity (Wildman–Crippen MR) is 85.1 cm³/mol. The fourth-order valence-electron chi connectivity index (χ4n) is 3.26. The zero-order valence-corrected chi connectivity index (χ0v) is 13.6. The third kappa shape index (κ3) is 3.47. The van der Waals surface area contributed by atoms with Crippen molar-refractivity contribution in [2.45, 2.75) is 50.9 Å². The van der Waals surface area contributed by atoms with Gasteiger partial charge in [0.1, 0.15) is 5.69 Å². The van der Waals surface area contributed by atoms with Gasteiger partial charge in [-0.2, -0.15) is 10.2 Å². The molecule has 0 saturated heterocycles. The molecule has 1 fully saturated rings. The molecule has 1 amide bonds. The first-order valence-corrected chi connectivity index (χ1v) is 8.23. The Bertz CT molecular complexity index is 701. The summed E-state index contributed by atoms with van der Waals surface area (Å²) < 4.78 is 27.1. The fraction of sp³-hybridized carbons (Fsp3) is 0.562. The molecule has 1 aliphatic carbocycles. The first-order chi connectivity index (χ1) is 11.6. The van der Waals surface area contributed by atoms with E-state index in [0.717, 1.165) is 29.4 Å². The lowest BCUT2D eigenvalue weighted by molar-refractivity contribution is 0.100. The number of aromatic amines is 1. The molecular formula is C16H21F2N5O. The monoisotopic (exact) mass is 337 g/mol. The Balaban J connectivity index is 1.71. The maximum atomic E-state index is 13.0. The Morgan fingerprint density at radius 3 is 2.71 bits per heavy atom. The van der Waals surface area contributed by atoms with Crippen molar-refractivity contribution in [1.82, 2.24) is 20.0 Å². The van der Waals surface area contributed by atoms with Crippen LogP contribution in [0.25, 0.3) is 0 Å². The van der Waals surface area contributed by atoms with Gasteiger partial charge in [-0.15, -0.1) is 0 Å². The average molecular weight is 337 g/mol. The number of amides is 1. The molecule has 3 rings (SSSR count). The molecule has 6 nitrogen and oxygen atoms in total. The lowest BCUT2D eigenvalue weighted by atomic mass is 9.97. The number of nitrogens with one attached hydrogen (secondary N) is 2. The number of carbonyl (C=O) groups is 1. The highest BCUT2D eigenvalue weighted by atomic mass is 19.3. The number of rotatable bonds is 4. The molecule has 0 bridgehead atoms. The Hall–Kier alpha value is -2.25. The predicted octanol–water partition coefficient (Wildman–Crippen LogP) is 3.77. The van der Waals surface area contributed by atoms with Crippen LogP contribution in [0.3, 0.4) is 0 Å². The first-order valence-electron chi connectivity index (χ1n) is 8.23. The lowest BCUT2D eigenvalue weighted by Gasteiger charge is -2.10. The van der Waals surface area contributed by atoms with E-state index in [9.17, 15) is 13.6 Å². The largest absolute Gasteiger partial charge is 0.305 e. The summed E-state index contributed by atoms with van der Waals surface area (Å²) >= 11 is 0. The zero-order chi connectivity index (χ0) is 17.1. The third-order valence-electron chi connectivity index (χ3n) is 4.57. The molecule has 0 spiro atoms. The third-order valence-corrected chi connectivity index (χ3v) is 4.57. The lowest BCUT2D eigenvalue weighted by Crippen LogP contribution is -2.14. The summed E-state index contributed by atoms with van der Waals surface area (Å²) in [4.78, 5) is 12.2. The summed E-state index contributed by atoms with van der Waals surface area (Å²) in [6.07, 6.45) is 5.49. The number of halogens is 2. The molecule has 2 N–H and O–H groups in total. The van der Waals surface area contributed by atoms with Crippen molar-refractivity contribution in [2.75, 3.05) is 5.32 Å². The van der Waals surface area contributed by atoms with E-state index >= 15 is 0 Å². The van der Waals surface area contributed by atoms with Gasteiger partial charge < -0.3 is 5.32 Å². The van der Waals surface area contributed by atoms with Crippen LogP contribution < -0.4 is 5.32 Å². The minimum atomic E-state index is -2.76. The molecule has 2 aromatic rings. The number of hydrogen-bond donors (Lipinski definition) is 2. The molecule has 0 unspecified atom stereocenters. The summed E-state index contributed by atoms with van der Waals surface area (Å²) in [7, 11) is 1.39. The molecule has 0 radical (unpaired) electrons. The Morgan fingerprint density at radius 1 is 1.33 bits per heavy atom. The van der Waals surface area contributed by atoms with E-state index in [0.29, 0.717) is 11.7 Å². The van der Waals surface area contributed by atoms with Gasteiger partial charge in [-0.05, 0) is 12.8 Å². The highest BCUT2D eigenvalue weighted by Crippen LogP contribution is 2.31. The van der Waals surface area contributed by atoms with Crippen molar-refractivity contribution in [3.63, 3.8) is 0 Å². The minimum absolute atomic E-state index is 0.133. The van der Waals surface area contributed by atoms with Crippen LogP contribution in [0.5, 0.6) is 0 Å². The molecule has 130 valence electrons. The maximum absolute atomic E-state index is 13.0. The van der Waals surface area contributed by atoms with Gasteiger partial charge in [0, 0.05) is 24.7 Å². The van der Waals surface area contributed by atoms with Gasteiger partial charge in [0.25, 0.3) is 12.3 Å². The van der Waals surface area contributed by atoms with E-state index in [2.05, 4.69) is 20.6 Å². The molecule has 0 aromatic carbocycles. The normalized spacial score (nSPS) is 16.3.